The second kappa shape index (κ2) is 10.3. The molecule has 5 rings (SSSR count). The highest BCUT2D eigenvalue weighted by atomic mass is 16.5. The lowest BCUT2D eigenvalue weighted by Crippen LogP contribution is -2.47. The molecule has 4 aromatic rings. The molecule has 2 heterocycles. The number of nitrogens with zero attached hydrogens (tertiary/aromatic N) is 4. The van der Waals surface area contributed by atoms with Crippen LogP contribution in [0.15, 0.2) is 83.7 Å². The Kier molecular flexibility index (Phi) is 6.79. The molecule has 0 radical (unpaired) electrons. The number of fused-ring (bicyclic) bond motifs is 1. The summed E-state index contributed by atoms with van der Waals surface area (Å²) in [5.74, 6) is 1.09. The topological polar surface area (TPSA) is 76.6 Å². The third-order valence-electron chi connectivity index (χ3n) is 6.47. The van der Waals surface area contributed by atoms with Crippen molar-refractivity contribution in [2.45, 2.75) is 13.0 Å². The third-order valence-corrected chi connectivity index (χ3v) is 6.47. The van der Waals surface area contributed by atoms with E-state index in [-0.39, 0.29) is 5.56 Å². The highest BCUT2D eigenvalue weighted by molar-refractivity contribution is 5.84. The van der Waals surface area contributed by atoms with E-state index >= 15 is 0 Å². The fraction of sp³-hybridized carbons (Fsp3) is 0.286. The summed E-state index contributed by atoms with van der Waals surface area (Å²) in [6.07, 6.45) is 0. The molecule has 1 fully saturated rings. The molecular weight excluding hydrogens is 438 g/mol. The minimum atomic E-state index is -0.397. The van der Waals surface area contributed by atoms with Gasteiger partial charge >= 0.3 is 0 Å². The summed E-state index contributed by atoms with van der Waals surface area (Å²) in [7, 11) is 0. The van der Waals surface area contributed by atoms with Gasteiger partial charge in [-0.1, -0.05) is 42.5 Å². The molecule has 1 saturated heterocycles. The lowest BCUT2D eigenvalue weighted by Gasteiger charge is -2.36. The molecule has 1 atom stereocenters. The van der Waals surface area contributed by atoms with E-state index in [1.807, 2.05) is 61.5 Å². The van der Waals surface area contributed by atoms with Gasteiger partial charge in [0.2, 0.25) is 0 Å². The van der Waals surface area contributed by atoms with Crippen LogP contribution in [-0.4, -0.2) is 53.8 Å². The maximum Gasteiger partial charge on any atom is 0.269 e. The van der Waals surface area contributed by atoms with Crippen molar-refractivity contribution in [1.29, 1.82) is 0 Å². The molecular formula is C28H31N5O2. The van der Waals surface area contributed by atoms with Gasteiger partial charge in [0.15, 0.2) is 0 Å². The van der Waals surface area contributed by atoms with Crippen molar-refractivity contribution < 1.29 is 4.74 Å². The van der Waals surface area contributed by atoms with Crippen LogP contribution < -0.4 is 20.9 Å². The lowest BCUT2D eigenvalue weighted by molar-refractivity contribution is 0.201. The van der Waals surface area contributed by atoms with Gasteiger partial charge in [0.1, 0.15) is 23.6 Å². The molecule has 0 aliphatic carbocycles. The molecule has 0 spiro atoms. The first-order chi connectivity index (χ1) is 17.1. The van der Waals surface area contributed by atoms with E-state index in [4.69, 9.17) is 15.5 Å². The van der Waals surface area contributed by atoms with Crippen molar-refractivity contribution >= 4 is 16.6 Å². The lowest BCUT2D eigenvalue weighted by atomic mass is 10.2. The van der Waals surface area contributed by atoms with Crippen LogP contribution in [0.4, 0.5) is 5.69 Å². The van der Waals surface area contributed by atoms with Crippen molar-refractivity contribution in [3.8, 4) is 11.4 Å². The fourth-order valence-electron chi connectivity index (χ4n) is 4.62. The molecule has 1 aromatic heterocycles. The van der Waals surface area contributed by atoms with Crippen LogP contribution in [0.5, 0.6) is 5.75 Å². The summed E-state index contributed by atoms with van der Waals surface area (Å²) in [6, 6.07) is 25.2. The zero-order valence-corrected chi connectivity index (χ0v) is 20.0. The summed E-state index contributed by atoms with van der Waals surface area (Å²) in [4.78, 5) is 23.2. The summed E-state index contributed by atoms with van der Waals surface area (Å²) in [5.41, 5.74) is 8.64. The van der Waals surface area contributed by atoms with Gasteiger partial charge in [0.25, 0.3) is 5.56 Å². The highest BCUT2D eigenvalue weighted by Crippen LogP contribution is 2.24. The minimum absolute atomic E-state index is 0.166. The van der Waals surface area contributed by atoms with Gasteiger partial charge in [0, 0.05) is 38.4 Å². The quantitative estimate of drug-likeness (QED) is 0.446. The number of aromatic nitrogens is 2. The number of anilines is 1. The maximum atomic E-state index is 13.7. The van der Waals surface area contributed by atoms with Crippen LogP contribution in [0.1, 0.15) is 18.8 Å². The Hall–Kier alpha value is -3.68. The van der Waals surface area contributed by atoms with E-state index in [9.17, 15) is 4.79 Å². The maximum absolute atomic E-state index is 13.7. The van der Waals surface area contributed by atoms with E-state index < -0.39 is 6.04 Å². The molecule has 2 N–H and O–H groups in total. The summed E-state index contributed by atoms with van der Waals surface area (Å²) < 4.78 is 7.77. The first kappa shape index (κ1) is 23.1. The average molecular weight is 470 g/mol. The standard InChI is InChI=1S/C28H31N5O2/c1-21(29)27-30-24-13-8-14-25(26(24)28(34)33(27)23-11-6-3-7-12-23)35-20-19-31-15-17-32(18-16-31)22-9-4-2-5-10-22/h2-14,21H,15-20,29H2,1H3/t21-/m0/s1. The van der Waals surface area contributed by atoms with E-state index in [1.54, 1.807) is 4.57 Å². The molecule has 0 amide bonds. The predicted octanol–water partition coefficient (Wildman–Crippen LogP) is 3.61. The van der Waals surface area contributed by atoms with Crippen LogP contribution >= 0.6 is 0 Å². The molecule has 0 unspecified atom stereocenters. The second-order valence-electron chi connectivity index (χ2n) is 8.90. The van der Waals surface area contributed by atoms with Gasteiger partial charge in [-0.2, -0.15) is 0 Å². The van der Waals surface area contributed by atoms with Crippen LogP contribution in [0.25, 0.3) is 16.6 Å². The van der Waals surface area contributed by atoms with Gasteiger partial charge < -0.3 is 15.4 Å². The summed E-state index contributed by atoms with van der Waals surface area (Å²) in [6.45, 7) is 7.09. The normalized spacial score (nSPS) is 15.3. The van der Waals surface area contributed by atoms with Gasteiger partial charge in [0.05, 0.1) is 17.2 Å². The van der Waals surface area contributed by atoms with E-state index in [2.05, 4.69) is 34.1 Å². The Morgan fingerprint density at radius 1 is 0.886 bits per heavy atom. The second-order valence-corrected chi connectivity index (χ2v) is 8.90. The van der Waals surface area contributed by atoms with Crippen molar-refractivity contribution in [2.24, 2.45) is 5.73 Å². The first-order valence-electron chi connectivity index (χ1n) is 12.1. The van der Waals surface area contributed by atoms with Crippen LogP contribution in [0, 0.1) is 0 Å². The minimum Gasteiger partial charge on any atom is -0.491 e. The Balaban J connectivity index is 1.33. The SMILES string of the molecule is C[C@H](N)c1nc2cccc(OCCN3CCN(c4ccccc4)CC3)c2c(=O)n1-c1ccccc1. The van der Waals surface area contributed by atoms with E-state index in [0.717, 1.165) is 38.4 Å². The molecule has 180 valence electrons. The molecule has 0 bridgehead atoms. The first-order valence-corrected chi connectivity index (χ1v) is 12.1. The van der Waals surface area contributed by atoms with Crippen LogP contribution in [-0.2, 0) is 0 Å². The zero-order valence-electron chi connectivity index (χ0n) is 20.0. The fourth-order valence-corrected chi connectivity index (χ4v) is 4.62. The van der Waals surface area contributed by atoms with E-state index in [0.29, 0.717) is 29.1 Å². The summed E-state index contributed by atoms with van der Waals surface area (Å²) >= 11 is 0. The number of hydrogen-bond acceptors (Lipinski definition) is 6. The summed E-state index contributed by atoms with van der Waals surface area (Å²) in [5, 5.41) is 0.481. The van der Waals surface area contributed by atoms with Crippen LogP contribution in [0.3, 0.4) is 0 Å². The van der Waals surface area contributed by atoms with Crippen LogP contribution in [0.2, 0.25) is 0 Å². The molecule has 7 heteroatoms. The number of piperazine rings is 1. The molecule has 7 nitrogen and oxygen atoms in total. The number of ether oxygens (including phenoxy) is 1. The number of benzene rings is 3. The number of hydrogen-bond donors (Lipinski definition) is 1. The van der Waals surface area contributed by atoms with Crippen molar-refractivity contribution in [3.05, 3.63) is 95.0 Å². The Bertz CT molecular complexity index is 1330. The van der Waals surface area contributed by atoms with E-state index in [1.165, 1.54) is 5.69 Å². The predicted molar refractivity (Wildman–Crippen MR) is 141 cm³/mol. The third kappa shape index (κ3) is 4.92. The van der Waals surface area contributed by atoms with Crippen molar-refractivity contribution in [2.75, 3.05) is 44.2 Å². The van der Waals surface area contributed by atoms with Crippen molar-refractivity contribution in [1.82, 2.24) is 14.5 Å². The highest BCUT2D eigenvalue weighted by Gasteiger charge is 2.20. The van der Waals surface area contributed by atoms with Gasteiger partial charge in [-0.3, -0.25) is 14.3 Å². The number of para-hydroxylation sites is 2. The van der Waals surface area contributed by atoms with Crippen molar-refractivity contribution in [3.63, 3.8) is 0 Å². The largest absolute Gasteiger partial charge is 0.491 e. The number of nitrogens with two attached hydrogens (primary N) is 1. The van der Waals surface area contributed by atoms with Gasteiger partial charge in [-0.25, -0.2) is 4.98 Å². The average Bonchev–Trinajstić information content (AvgIpc) is 2.90. The molecule has 1 aliphatic rings. The Morgan fingerprint density at radius 3 is 2.20 bits per heavy atom. The zero-order chi connectivity index (χ0) is 24.2. The molecule has 3 aromatic carbocycles. The Morgan fingerprint density at radius 2 is 1.54 bits per heavy atom. The number of rotatable bonds is 7. The Labute approximate surface area is 205 Å². The molecule has 1 aliphatic heterocycles. The van der Waals surface area contributed by atoms with Gasteiger partial charge in [-0.05, 0) is 43.3 Å². The molecule has 35 heavy (non-hydrogen) atoms. The smallest absolute Gasteiger partial charge is 0.269 e. The molecule has 0 saturated carbocycles. The van der Waals surface area contributed by atoms with Gasteiger partial charge in [-0.15, -0.1) is 0 Å². The monoisotopic (exact) mass is 469 g/mol.